The average Bonchev–Trinajstić information content (AvgIpc) is 2.98. The van der Waals surface area contributed by atoms with Crippen LogP contribution in [0, 0.1) is 0 Å². The molecular formula is C12H15F2N. The molecule has 1 aromatic rings. The van der Waals surface area contributed by atoms with E-state index < -0.39 is 6.43 Å². The van der Waals surface area contributed by atoms with Crippen molar-refractivity contribution in [3.63, 3.8) is 0 Å². The van der Waals surface area contributed by atoms with Gasteiger partial charge in [-0.05, 0) is 24.0 Å². The van der Waals surface area contributed by atoms with Crippen LogP contribution < -0.4 is 5.73 Å². The Bertz CT molecular complexity index is 345. The summed E-state index contributed by atoms with van der Waals surface area (Å²) in [5, 5.41) is 0. The van der Waals surface area contributed by atoms with Gasteiger partial charge in [-0.3, -0.25) is 0 Å². The molecular weight excluding hydrogens is 196 g/mol. The maximum atomic E-state index is 12.4. The molecule has 2 N–H and O–H groups in total. The molecule has 1 saturated carbocycles. The van der Waals surface area contributed by atoms with Crippen molar-refractivity contribution in [3.05, 3.63) is 35.4 Å². The summed E-state index contributed by atoms with van der Waals surface area (Å²) < 4.78 is 24.8. The Morgan fingerprint density at radius 3 is 2.47 bits per heavy atom. The van der Waals surface area contributed by atoms with Crippen LogP contribution in [0.25, 0.3) is 0 Å². The van der Waals surface area contributed by atoms with E-state index >= 15 is 0 Å². The van der Waals surface area contributed by atoms with E-state index in [2.05, 4.69) is 0 Å². The first kappa shape index (κ1) is 10.6. The minimum atomic E-state index is -2.28. The zero-order valence-corrected chi connectivity index (χ0v) is 8.55. The molecule has 15 heavy (non-hydrogen) atoms. The van der Waals surface area contributed by atoms with Gasteiger partial charge in [0.15, 0.2) is 0 Å². The van der Waals surface area contributed by atoms with Crippen LogP contribution >= 0.6 is 0 Å². The van der Waals surface area contributed by atoms with Crippen LogP contribution in [0.5, 0.6) is 0 Å². The summed E-state index contributed by atoms with van der Waals surface area (Å²) in [6, 6.07) is 7.45. The first-order chi connectivity index (χ1) is 7.18. The highest BCUT2D eigenvalue weighted by Crippen LogP contribution is 2.48. The van der Waals surface area contributed by atoms with Crippen LogP contribution in [0.3, 0.4) is 0 Å². The molecule has 0 radical (unpaired) electrons. The van der Waals surface area contributed by atoms with Crippen LogP contribution in [0.1, 0.15) is 24.0 Å². The quantitative estimate of drug-likeness (QED) is 0.813. The standard InChI is InChI=1S/C12H15F2N/c13-11(14)7-9-3-1-2-4-10(9)12(8-15)5-6-12/h1-4,11H,5-8,15H2. The van der Waals surface area contributed by atoms with Crippen LogP contribution in [0.2, 0.25) is 0 Å². The molecule has 82 valence electrons. The number of hydrogen-bond donors (Lipinski definition) is 1. The fourth-order valence-electron chi connectivity index (χ4n) is 2.12. The largest absolute Gasteiger partial charge is 0.330 e. The molecule has 2 rings (SSSR count). The maximum absolute atomic E-state index is 12.4. The van der Waals surface area contributed by atoms with E-state index in [1.165, 1.54) is 0 Å². The third-order valence-corrected chi connectivity index (χ3v) is 3.21. The fraction of sp³-hybridized carbons (Fsp3) is 0.500. The van der Waals surface area contributed by atoms with Crippen LogP contribution in [-0.2, 0) is 11.8 Å². The zero-order valence-electron chi connectivity index (χ0n) is 8.55. The molecule has 0 aliphatic heterocycles. The van der Waals surface area contributed by atoms with Gasteiger partial charge >= 0.3 is 0 Å². The van der Waals surface area contributed by atoms with Gasteiger partial charge in [0.1, 0.15) is 0 Å². The molecule has 3 heteroatoms. The molecule has 0 bridgehead atoms. The summed E-state index contributed by atoms with van der Waals surface area (Å²) >= 11 is 0. The third kappa shape index (κ3) is 2.02. The Hall–Kier alpha value is -0.960. The molecule has 1 fully saturated rings. The van der Waals surface area contributed by atoms with Crippen LogP contribution in [-0.4, -0.2) is 13.0 Å². The smallest absolute Gasteiger partial charge is 0.242 e. The summed E-state index contributed by atoms with van der Waals surface area (Å²) in [7, 11) is 0. The third-order valence-electron chi connectivity index (χ3n) is 3.21. The lowest BCUT2D eigenvalue weighted by molar-refractivity contribution is 0.148. The van der Waals surface area contributed by atoms with Gasteiger partial charge in [-0.2, -0.15) is 0 Å². The van der Waals surface area contributed by atoms with E-state index in [9.17, 15) is 8.78 Å². The van der Waals surface area contributed by atoms with Crippen molar-refractivity contribution >= 4 is 0 Å². The highest BCUT2D eigenvalue weighted by molar-refractivity contribution is 5.39. The van der Waals surface area contributed by atoms with Gasteiger partial charge in [-0.15, -0.1) is 0 Å². The lowest BCUT2D eigenvalue weighted by Crippen LogP contribution is -2.21. The second-order valence-electron chi connectivity index (χ2n) is 4.24. The Balaban J connectivity index is 2.30. The maximum Gasteiger partial charge on any atom is 0.242 e. The van der Waals surface area contributed by atoms with E-state index in [4.69, 9.17) is 5.73 Å². The Labute approximate surface area is 88.3 Å². The topological polar surface area (TPSA) is 26.0 Å². The minimum Gasteiger partial charge on any atom is -0.330 e. The summed E-state index contributed by atoms with van der Waals surface area (Å²) in [4.78, 5) is 0. The van der Waals surface area contributed by atoms with E-state index in [1.54, 1.807) is 6.07 Å². The molecule has 0 atom stereocenters. The predicted molar refractivity (Wildman–Crippen MR) is 56.1 cm³/mol. The van der Waals surface area contributed by atoms with Crippen LogP contribution in [0.4, 0.5) is 8.78 Å². The minimum absolute atomic E-state index is 0.00544. The Morgan fingerprint density at radius 2 is 1.93 bits per heavy atom. The number of nitrogens with two attached hydrogens (primary N) is 1. The molecule has 0 saturated heterocycles. The number of hydrogen-bond acceptors (Lipinski definition) is 1. The van der Waals surface area contributed by atoms with E-state index in [-0.39, 0.29) is 11.8 Å². The number of rotatable bonds is 4. The lowest BCUT2D eigenvalue weighted by atomic mass is 9.90. The van der Waals surface area contributed by atoms with Gasteiger partial charge < -0.3 is 5.73 Å². The fourth-order valence-corrected chi connectivity index (χ4v) is 2.12. The summed E-state index contributed by atoms with van der Waals surface area (Å²) in [6.07, 6.45) is -0.370. The molecule has 1 aromatic carbocycles. The Kier molecular flexibility index (Phi) is 2.74. The predicted octanol–water partition coefficient (Wildman–Crippen LogP) is 2.48. The van der Waals surface area contributed by atoms with Crippen molar-refractivity contribution in [1.82, 2.24) is 0 Å². The van der Waals surface area contributed by atoms with Gasteiger partial charge in [-0.1, -0.05) is 24.3 Å². The summed E-state index contributed by atoms with van der Waals surface area (Å²) in [5.41, 5.74) is 7.51. The molecule has 1 aliphatic rings. The van der Waals surface area contributed by atoms with Crippen LogP contribution in [0.15, 0.2) is 24.3 Å². The van der Waals surface area contributed by atoms with Gasteiger partial charge in [0.25, 0.3) is 0 Å². The first-order valence-electron chi connectivity index (χ1n) is 5.24. The average molecular weight is 211 g/mol. The Morgan fingerprint density at radius 1 is 1.27 bits per heavy atom. The molecule has 0 aromatic heterocycles. The summed E-state index contributed by atoms with van der Waals surface area (Å²) in [5.74, 6) is 0. The van der Waals surface area contributed by atoms with Crippen molar-refractivity contribution in [1.29, 1.82) is 0 Å². The van der Waals surface area contributed by atoms with Gasteiger partial charge in [0, 0.05) is 18.4 Å². The molecule has 1 aliphatic carbocycles. The van der Waals surface area contributed by atoms with Gasteiger partial charge in [0.05, 0.1) is 0 Å². The van der Waals surface area contributed by atoms with E-state index in [0.29, 0.717) is 6.54 Å². The molecule has 0 heterocycles. The SMILES string of the molecule is NCC1(c2ccccc2CC(F)F)CC1. The second-order valence-corrected chi connectivity index (χ2v) is 4.24. The molecule has 0 spiro atoms. The van der Waals surface area contributed by atoms with E-state index in [0.717, 1.165) is 24.0 Å². The monoisotopic (exact) mass is 211 g/mol. The molecule has 0 amide bonds. The second kappa shape index (κ2) is 3.89. The molecule has 0 unspecified atom stereocenters. The first-order valence-corrected chi connectivity index (χ1v) is 5.24. The number of alkyl halides is 2. The highest BCUT2D eigenvalue weighted by Gasteiger charge is 2.44. The number of halogens is 2. The molecule has 1 nitrogen and oxygen atoms in total. The van der Waals surface area contributed by atoms with Gasteiger partial charge in [-0.25, -0.2) is 8.78 Å². The lowest BCUT2D eigenvalue weighted by Gasteiger charge is -2.17. The zero-order chi connectivity index (χ0) is 10.9. The van der Waals surface area contributed by atoms with Crippen molar-refractivity contribution in [3.8, 4) is 0 Å². The summed E-state index contributed by atoms with van der Waals surface area (Å²) in [6.45, 7) is 0.563. The normalized spacial score (nSPS) is 18.1. The number of benzene rings is 1. The van der Waals surface area contributed by atoms with Crippen molar-refractivity contribution in [2.45, 2.75) is 31.1 Å². The van der Waals surface area contributed by atoms with Crippen molar-refractivity contribution in [2.75, 3.05) is 6.54 Å². The van der Waals surface area contributed by atoms with Crippen molar-refractivity contribution < 1.29 is 8.78 Å². The van der Waals surface area contributed by atoms with Gasteiger partial charge in [0.2, 0.25) is 6.43 Å². The highest BCUT2D eigenvalue weighted by atomic mass is 19.3. The van der Waals surface area contributed by atoms with E-state index in [1.807, 2.05) is 18.2 Å². The van der Waals surface area contributed by atoms with Crippen molar-refractivity contribution in [2.24, 2.45) is 5.73 Å².